The van der Waals surface area contributed by atoms with Crippen LogP contribution in [0.3, 0.4) is 0 Å². The van der Waals surface area contributed by atoms with Crippen molar-refractivity contribution in [3.8, 4) is 0 Å². The van der Waals surface area contributed by atoms with Gasteiger partial charge in [-0.25, -0.2) is 4.98 Å². The van der Waals surface area contributed by atoms with Gasteiger partial charge in [-0.15, -0.1) is 0 Å². The van der Waals surface area contributed by atoms with Gasteiger partial charge in [0, 0.05) is 11.3 Å². The van der Waals surface area contributed by atoms with Crippen LogP contribution in [0.4, 0.5) is 17.2 Å². The van der Waals surface area contributed by atoms with Crippen LogP contribution in [-0.4, -0.2) is 10.9 Å². The van der Waals surface area contributed by atoms with E-state index in [4.69, 9.17) is 0 Å². The number of pyridine rings is 1. The van der Waals surface area contributed by atoms with Crippen molar-refractivity contribution in [1.29, 1.82) is 0 Å². The lowest BCUT2D eigenvalue weighted by atomic mass is 10.1. The monoisotopic (exact) mass is 317 g/mol. The van der Waals surface area contributed by atoms with Crippen LogP contribution in [0.1, 0.15) is 21.5 Å². The molecule has 2 N–H and O–H groups in total. The number of carbonyl (C=O) groups excluding carboxylic acids is 1. The van der Waals surface area contributed by atoms with Gasteiger partial charge in [-0.2, -0.15) is 0 Å². The lowest BCUT2D eigenvalue weighted by Gasteiger charge is -2.12. The minimum absolute atomic E-state index is 0.146. The standard InChI is InChI=1S/C20H19N3O/c1-14-7-6-8-15(2)19(14)23-18-12-11-17(13-21-18)22-20(24)16-9-4-3-5-10-16/h3-13H,1-2H3,(H,21,23)(H,22,24). The molecule has 0 atom stereocenters. The molecule has 0 fully saturated rings. The van der Waals surface area contributed by atoms with Crippen molar-refractivity contribution in [2.45, 2.75) is 13.8 Å². The third kappa shape index (κ3) is 3.60. The molecule has 1 amide bonds. The highest BCUT2D eigenvalue weighted by atomic mass is 16.1. The molecular formula is C20H19N3O. The number of amides is 1. The molecule has 0 saturated heterocycles. The Morgan fingerprint density at radius 3 is 2.21 bits per heavy atom. The molecule has 4 nitrogen and oxygen atoms in total. The number of para-hydroxylation sites is 1. The van der Waals surface area contributed by atoms with E-state index in [1.807, 2.05) is 36.4 Å². The van der Waals surface area contributed by atoms with Gasteiger partial charge in [0.05, 0.1) is 11.9 Å². The number of nitrogens with zero attached hydrogens (tertiary/aromatic N) is 1. The molecule has 2 aromatic carbocycles. The van der Waals surface area contributed by atoms with E-state index in [2.05, 4.69) is 41.6 Å². The molecule has 3 rings (SSSR count). The maximum Gasteiger partial charge on any atom is 0.255 e. The van der Waals surface area contributed by atoms with Crippen LogP contribution in [0.25, 0.3) is 0 Å². The van der Waals surface area contributed by atoms with Gasteiger partial charge in [0.15, 0.2) is 0 Å². The van der Waals surface area contributed by atoms with Crippen LogP contribution >= 0.6 is 0 Å². The number of carbonyl (C=O) groups is 1. The Hall–Kier alpha value is -3.14. The van der Waals surface area contributed by atoms with Crippen LogP contribution in [-0.2, 0) is 0 Å². The molecular weight excluding hydrogens is 298 g/mol. The summed E-state index contributed by atoms with van der Waals surface area (Å²) in [6.07, 6.45) is 1.65. The number of hydrogen-bond acceptors (Lipinski definition) is 3. The molecule has 0 aliphatic carbocycles. The van der Waals surface area contributed by atoms with E-state index in [1.54, 1.807) is 18.3 Å². The molecule has 1 heterocycles. The van der Waals surface area contributed by atoms with Crippen molar-refractivity contribution >= 4 is 23.1 Å². The van der Waals surface area contributed by atoms with Gasteiger partial charge in [-0.3, -0.25) is 4.79 Å². The van der Waals surface area contributed by atoms with Crippen LogP contribution in [0, 0.1) is 13.8 Å². The van der Waals surface area contributed by atoms with E-state index in [9.17, 15) is 4.79 Å². The Kier molecular flexibility index (Phi) is 4.57. The fourth-order valence-electron chi connectivity index (χ4n) is 2.47. The molecule has 0 radical (unpaired) electrons. The Balaban J connectivity index is 1.71. The summed E-state index contributed by atoms with van der Waals surface area (Å²) in [7, 11) is 0. The van der Waals surface area contributed by atoms with Crippen LogP contribution in [0.2, 0.25) is 0 Å². The second-order valence-electron chi connectivity index (χ2n) is 5.64. The van der Waals surface area contributed by atoms with E-state index in [1.165, 1.54) is 11.1 Å². The van der Waals surface area contributed by atoms with Crippen LogP contribution in [0.5, 0.6) is 0 Å². The first kappa shape index (κ1) is 15.7. The third-order valence-electron chi connectivity index (χ3n) is 3.79. The van der Waals surface area contributed by atoms with Crippen molar-refractivity contribution in [2.24, 2.45) is 0 Å². The summed E-state index contributed by atoms with van der Waals surface area (Å²) in [6.45, 7) is 4.12. The highest BCUT2D eigenvalue weighted by Gasteiger charge is 2.06. The zero-order chi connectivity index (χ0) is 16.9. The first-order valence-corrected chi connectivity index (χ1v) is 7.79. The van der Waals surface area contributed by atoms with E-state index in [-0.39, 0.29) is 5.91 Å². The first-order chi connectivity index (χ1) is 11.6. The maximum atomic E-state index is 12.1. The molecule has 3 aromatic rings. The summed E-state index contributed by atoms with van der Waals surface area (Å²) in [5.41, 5.74) is 4.67. The second kappa shape index (κ2) is 6.96. The topological polar surface area (TPSA) is 54.0 Å². The summed E-state index contributed by atoms with van der Waals surface area (Å²) in [5.74, 6) is 0.595. The maximum absolute atomic E-state index is 12.1. The minimum atomic E-state index is -0.146. The molecule has 120 valence electrons. The van der Waals surface area contributed by atoms with Crippen LogP contribution in [0.15, 0.2) is 66.9 Å². The number of benzene rings is 2. The third-order valence-corrected chi connectivity index (χ3v) is 3.79. The predicted molar refractivity (Wildman–Crippen MR) is 97.8 cm³/mol. The molecule has 0 spiro atoms. The van der Waals surface area contributed by atoms with Crippen molar-refractivity contribution in [1.82, 2.24) is 4.98 Å². The highest BCUT2D eigenvalue weighted by Crippen LogP contribution is 2.23. The van der Waals surface area contributed by atoms with Gasteiger partial charge in [0.2, 0.25) is 0 Å². The van der Waals surface area contributed by atoms with E-state index >= 15 is 0 Å². The first-order valence-electron chi connectivity index (χ1n) is 7.79. The lowest BCUT2D eigenvalue weighted by molar-refractivity contribution is 0.102. The number of rotatable bonds is 4. The number of aromatic nitrogens is 1. The molecule has 24 heavy (non-hydrogen) atoms. The number of anilines is 3. The van der Waals surface area contributed by atoms with Gasteiger partial charge < -0.3 is 10.6 Å². The molecule has 0 aliphatic rings. The van der Waals surface area contributed by atoms with Crippen molar-refractivity contribution in [3.63, 3.8) is 0 Å². The van der Waals surface area contributed by atoms with Crippen LogP contribution < -0.4 is 10.6 Å². The summed E-state index contributed by atoms with van der Waals surface area (Å²) < 4.78 is 0. The normalized spacial score (nSPS) is 10.2. The second-order valence-corrected chi connectivity index (χ2v) is 5.64. The fourth-order valence-corrected chi connectivity index (χ4v) is 2.47. The highest BCUT2D eigenvalue weighted by molar-refractivity contribution is 6.04. The Labute approximate surface area is 141 Å². The zero-order valence-corrected chi connectivity index (χ0v) is 13.7. The van der Waals surface area contributed by atoms with E-state index in [0.29, 0.717) is 11.3 Å². The Bertz CT molecular complexity index is 822. The summed E-state index contributed by atoms with van der Waals surface area (Å²) in [5, 5.41) is 6.17. The largest absolute Gasteiger partial charge is 0.340 e. The molecule has 0 bridgehead atoms. The van der Waals surface area contributed by atoms with Crippen molar-refractivity contribution in [3.05, 3.63) is 83.6 Å². The van der Waals surface area contributed by atoms with Gasteiger partial charge in [0.25, 0.3) is 5.91 Å². The number of aryl methyl sites for hydroxylation is 2. The molecule has 0 aliphatic heterocycles. The molecule has 4 heteroatoms. The average Bonchev–Trinajstić information content (AvgIpc) is 2.60. The smallest absolute Gasteiger partial charge is 0.255 e. The summed E-state index contributed by atoms with van der Waals surface area (Å²) in [6, 6.07) is 19.0. The Morgan fingerprint density at radius 1 is 0.875 bits per heavy atom. The SMILES string of the molecule is Cc1cccc(C)c1Nc1ccc(NC(=O)c2ccccc2)cn1. The predicted octanol–water partition coefficient (Wildman–Crippen LogP) is 4.69. The number of nitrogens with one attached hydrogen (secondary N) is 2. The van der Waals surface area contributed by atoms with E-state index < -0.39 is 0 Å². The van der Waals surface area contributed by atoms with E-state index in [0.717, 1.165) is 11.5 Å². The van der Waals surface area contributed by atoms with Gasteiger partial charge in [0.1, 0.15) is 5.82 Å². The Morgan fingerprint density at radius 2 is 1.58 bits per heavy atom. The zero-order valence-electron chi connectivity index (χ0n) is 13.7. The van der Waals surface area contributed by atoms with Crippen molar-refractivity contribution in [2.75, 3.05) is 10.6 Å². The molecule has 1 aromatic heterocycles. The van der Waals surface area contributed by atoms with Gasteiger partial charge in [-0.05, 0) is 49.2 Å². The molecule has 0 unspecified atom stereocenters. The quantitative estimate of drug-likeness (QED) is 0.733. The van der Waals surface area contributed by atoms with Crippen molar-refractivity contribution < 1.29 is 4.79 Å². The number of hydrogen-bond donors (Lipinski definition) is 2. The van der Waals surface area contributed by atoms with Gasteiger partial charge in [-0.1, -0.05) is 36.4 Å². The average molecular weight is 317 g/mol. The molecule has 0 saturated carbocycles. The summed E-state index contributed by atoms with van der Waals surface area (Å²) in [4.78, 5) is 16.5. The lowest BCUT2D eigenvalue weighted by Crippen LogP contribution is -2.11. The van der Waals surface area contributed by atoms with Gasteiger partial charge >= 0.3 is 0 Å². The summed E-state index contributed by atoms with van der Waals surface area (Å²) >= 11 is 0. The minimum Gasteiger partial charge on any atom is -0.340 e. The fraction of sp³-hybridized carbons (Fsp3) is 0.100.